The van der Waals surface area contributed by atoms with Crippen molar-refractivity contribution in [3.05, 3.63) is 0 Å². The van der Waals surface area contributed by atoms with Gasteiger partial charge in [-0.1, -0.05) is 25.7 Å². The van der Waals surface area contributed by atoms with Crippen LogP contribution in [0.5, 0.6) is 0 Å². The molecule has 0 radical (unpaired) electrons. The van der Waals surface area contributed by atoms with Gasteiger partial charge in [-0.05, 0) is 25.7 Å². The minimum Gasteiger partial charge on any atom is -0.351 e. The Kier molecular flexibility index (Phi) is 13.3. The maximum absolute atomic E-state index is 12.7. The van der Waals surface area contributed by atoms with Crippen LogP contribution in [-0.4, -0.2) is 50.2 Å². The third-order valence-corrected chi connectivity index (χ3v) is 4.40. The number of alkyl halides is 10. The molecule has 0 rings (SSSR count). The number of hydrogen-bond acceptors (Lipinski definition) is 3. The highest BCUT2D eigenvalue weighted by molar-refractivity contribution is 4.76. The maximum Gasteiger partial charge on any atom is 0.453 e. The molecule has 0 atom stereocenters. The van der Waals surface area contributed by atoms with E-state index in [1.54, 1.807) is 0 Å². The van der Waals surface area contributed by atoms with E-state index in [4.69, 9.17) is 15.2 Å². The number of rotatable bonds is 17. The van der Waals surface area contributed by atoms with E-state index in [2.05, 4.69) is 0 Å². The van der Waals surface area contributed by atoms with E-state index in [0.29, 0.717) is 25.7 Å². The Morgan fingerprint density at radius 1 is 0.516 bits per heavy atom. The average Bonchev–Trinajstić information content (AvgIpc) is 2.62. The van der Waals surface area contributed by atoms with Crippen LogP contribution in [0.1, 0.15) is 64.2 Å². The topological polar surface area (TPSA) is 44.5 Å². The first-order valence-electron chi connectivity index (χ1n) is 9.96. The largest absolute Gasteiger partial charge is 0.453 e. The molecule has 0 aromatic heterocycles. The number of nitrogens with two attached hydrogens (primary N) is 1. The van der Waals surface area contributed by atoms with E-state index in [1.165, 1.54) is 0 Å². The van der Waals surface area contributed by atoms with Crippen molar-refractivity contribution in [3.8, 4) is 0 Å². The predicted octanol–water partition coefficient (Wildman–Crippen LogP) is 6.60. The molecule has 0 aliphatic rings. The van der Waals surface area contributed by atoms with Crippen LogP contribution in [0.15, 0.2) is 0 Å². The van der Waals surface area contributed by atoms with Gasteiger partial charge in [-0.3, -0.25) is 0 Å². The average molecular weight is 481 g/mol. The second kappa shape index (κ2) is 13.7. The standard InChI is InChI=1S/C18H29F10NO2/c19-15(20,17(23,24)25)9-5-1-3-7-11-30-14(13-29)31-12-8-4-2-6-10-16(21,22)18(26,27)28/h14H,1-13,29H2. The molecule has 3 nitrogen and oxygen atoms in total. The van der Waals surface area contributed by atoms with E-state index in [-0.39, 0.29) is 45.4 Å². The second-order valence-corrected chi connectivity index (χ2v) is 7.14. The van der Waals surface area contributed by atoms with E-state index >= 15 is 0 Å². The van der Waals surface area contributed by atoms with Crippen LogP contribution in [0.2, 0.25) is 0 Å². The van der Waals surface area contributed by atoms with Gasteiger partial charge in [-0.15, -0.1) is 0 Å². The normalized spacial score (nSPS) is 13.9. The summed E-state index contributed by atoms with van der Waals surface area (Å²) in [6, 6.07) is 0. The minimum atomic E-state index is -5.55. The molecule has 0 amide bonds. The molecular weight excluding hydrogens is 452 g/mol. The summed E-state index contributed by atoms with van der Waals surface area (Å²) in [5.74, 6) is -9.39. The highest BCUT2D eigenvalue weighted by Gasteiger charge is 2.57. The zero-order valence-electron chi connectivity index (χ0n) is 16.9. The number of unbranched alkanes of at least 4 members (excludes halogenated alkanes) is 6. The molecule has 0 bridgehead atoms. The van der Waals surface area contributed by atoms with Gasteiger partial charge in [0.05, 0.1) is 0 Å². The Morgan fingerprint density at radius 3 is 1.13 bits per heavy atom. The van der Waals surface area contributed by atoms with Crippen molar-refractivity contribution in [2.45, 2.75) is 94.7 Å². The van der Waals surface area contributed by atoms with Crippen molar-refractivity contribution in [2.75, 3.05) is 19.8 Å². The lowest BCUT2D eigenvalue weighted by molar-refractivity contribution is -0.284. The van der Waals surface area contributed by atoms with E-state index < -0.39 is 43.3 Å². The van der Waals surface area contributed by atoms with Crippen LogP contribution in [0.3, 0.4) is 0 Å². The van der Waals surface area contributed by atoms with Crippen LogP contribution in [0.25, 0.3) is 0 Å². The van der Waals surface area contributed by atoms with Crippen LogP contribution in [0, 0.1) is 0 Å². The molecule has 0 aromatic rings. The number of halogens is 10. The summed E-state index contributed by atoms with van der Waals surface area (Å²) in [4.78, 5) is 0. The predicted molar refractivity (Wildman–Crippen MR) is 92.9 cm³/mol. The zero-order valence-corrected chi connectivity index (χ0v) is 16.9. The molecule has 0 spiro atoms. The van der Waals surface area contributed by atoms with E-state index in [9.17, 15) is 43.9 Å². The fraction of sp³-hybridized carbons (Fsp3) is 1.00. The van der Waals surface area contributed by atoms with Crippen molar-refractivity contribution >= 4 is 0 Å². The van der Waals surface area contributed by atoms with Gasteiger partial charge in [0, 0.05) is 32.6 Å². The zero-order chi connectivity index (χ0) is 24.2. The van der Waals surface area contributed by atoms with Crippen molar-refractivity contribution in [1.82, 2.24) is 0 Å². The third-order valence-electron chi connectivity index (χ3n) is 4.40. The van der Waals surface area contributed by atoms with Gasteiger partial charge in [-0.2, -0.15) is 43.9 Å². The Labute approximate surface area is 174 Å². The summed E-state index contributed by atoms with van der Waals surface area (Å²) in [5.41, 5.74) is 5.45. The van der Waals surface area contributed by atoms with Crippen LogP contribution in [-0.2, 0) is 9.47 Å². The van der Waals surface area contributed by atoms with Gasteiger partial charge in [0.15, 0.2) is 6.29 Å². The molecule has 31 heavy (non-hydrogen) atoms. The summed E-state index contributed by atoms with van der Waals surface area (Å²) in [7, 11) is 0. The van der Waals surface area contributed by atoms with Crippen LogP contribution >= 0.6 is 0 Å². The fourth-order valence-corrected chi connectivity index (χ4v) is 2.50. The number of hydrogen-bond donors (Lipinski definition) is 1. The first kappa shape index (κ1) is 30.2. The summed E-state index contributed by atoms with van der Waals surface area (Å²) in [6.07, 6.45) is -13.0. The fourth-order valence-electron chi connectivity index (χ4n) is 2.50. The molecule has 0 saturated heterocycles. The maximum atomic E-state index is 12.7. The van der Waals surface area contributed by atoms with Crippen LogP contribution < -0.4 is 5.73 Å². The highest BCUT2D eigenvalue weighted by Crippen LogP contribution is 2.40. The molecule has 0 fully saturated rings. The van der Waals surface area contributed by atoms with Gasteiger partial charge in [-0.25, -0.2) is 0 Å². The molecule has 0 aromatic carbocycles. The van der Waals surface area contributed by atoms with Crippen molar-refractivity contribution < 1.29 is 53.4 Å². The Hall–Kier alpha value is -0.820. The summed E-state index contributed by atoms with van der Waals surface area (Å²) >= 11 is 0. The summed E-state index contributed by atoms with van der Waals surface area (Å²) < 4.78 is 133. The lowest BCUT2D eigenvalue weighted by Crippen LogP contribution is -2.36. The smallest absolute Gasteiger partial charge is 0.351 e. The molecule has 2 N–H and O–H groups in total. The highest BCUT2D eigenvalue weighted by atomic mass is 19.4. The Morgan fingerprint density at radius 2 is 0.839 bits per heavy atom. The van der Waals surface area contributed by atoms with Gasteiger partial charge < -0.3 is 15.2 Å². The van der Waals surface area contributed by atoms with Gasteiger partial charge in [0.2, 0.25) is 0 Å². The van der Waals surface area contributed by atoms with Gasteiger partial charge in [0.1, 0.15) is 0 Å². The first-order valence-corrected chi connectivity index (χ1v) is 9.96. The first-order chi connectivity index (χ1) is 14.1. The van der Waals surface area contributed by atoms with Crippen LogP contribution in [0.4, 0.5) is 43.9 Å². The summed E-state index contributed by atoms with van der Waals surface area (Å²) in [6.45, 7) is 0.309. The molecule has 0 unspecified atom stereocenters. The molecule has 0 aliphatic carbocycles. The third kappa shape index (κ3) is 12.7. The van der Waals surface area contributed by atoms with Crippen molar-refractivity contribution in [3.63, 3.8) is 0 Å². The Bertz CT molecular complexity index is 429. The van der Waals surface area contributed by atoms with Crippen molar-refractivity contribution in [1.29, 1.82) is 0 Å². The van der Waals surface area contributed by atoms with Gasteiger partial charge in [0.25, 0.3) is 0 Å². The second-order valence-electron chi connectivity index (χ2n) is 7.14. The van der Waals surface area contributed by atoms with Crippen molar-refractivity contribution in [2.24, 2.45) is 5.73 Å². The molecule has 188 valence electrons. The molecule has 0 saturated carbocycles. The number of ether oxygens (including phenoxy) is 2. The SMILES string of the molecule is NCC(OCCCCCCC(F)(F)C(F)(F)F)OCCCCCCC(F)(F)C(F)(F)F. The Balaban J connectivity index is 3.73. The molecule has 0 aliphatic heterocycles. The molecule has 13 heteroatoms. The quantitative estimate of drug-likeness (QED) is 0.145. The van der Waals surface area contributed by atoms with Gasteiger partial charge >= 0.3 is 24.2 Å². The lowest BCUT2D eigenvalue weighted by atomic mass is 10.1. The van der Waals surface area contributed by atoms with E-state index in [1.807, 2.05) is 0 Å². The van der Waals surface area contributed by atoms with E-state index in [0.717, 1.165) is 0 Å². The minimum absolute atomic E-state index is 0.00435. The summed E-state index contributed by atoms with van der Waals surface area (Å²) in [5, 5.41) is 0. The monoisotopic (exact) mass is 481 g/mol. The molecule has 0 heterocycles. The lowest BCUT2D eigenvalue weighted by Gasteiger charge is -2.19. The molecular formula is C18H29F10NO2.